The number of aromatic nitrogens is 2. The summed E-state index contributed by atoms with van der Waals surface area (Å²) < 4.78 is 1.71. The number of fused-ring (bicyclic) bond motifs is 1. The Bertz CT molecular complexity index is 970. The van der Waals surface area contributed by atoms with Gasteiger partial charge in [-0.25, -0.2) is 4.98 Å². The van der Waals surface area contributed by atoms with Gasteiger partial charge in [0.05, 0.1) is 11.2 Å². The third-order valence-electron chi connectivity index (χ3n) is 4.54. The van der Waals surface area contributed by atoms with Crippen molar-refractivity contribution in [3.05, 3.63) is 65.4 Å². The van der Waals surface area contributed by atoms with Gasteiger partial charge in [0.2, 0.25) is 11.8 Å². The predicted octanol–water partition coefficient (Wildman–Crippen LogP) is 2.38. The number of hydrogen-bond donors (Lipinski definition) is 2. The molecule has 7 heteroatoms. The quantitative estimate of drug-likeness (QED) is 0.758. The second kappa shape index (κ2) is 5.89. The number of pyridine rings is 1. The molecule has 0 radical (unpaired) electrons. The Labute approximate surface area is 148 Å². The summed E-state index contributed by atoms with van der Waals surface area (Å²) in [6.07, 6.45) is 3.44. The lowest BCUT2D eigenvalue weighted by Crippen LogP contribution is -2.42. The fourth-order valence-electron chi connectivity index (χ4n) is 3.21. The minimum atomic E-state index is -0.943. The number of nitrogens with zero attached hydrogens (tertiary/aromatic N) is 2. The van der Waals surface area contributed by atoms with Crippen LogP contribution in [-0.2, 0) is 15.0 Å². The van der Waals surface area contributed by atoms with E-state index in [9.17, 15) is 9.59 Å². The number of rotatable bonds is 3. The molecule has 3 aromatic rings. The van der Waals surface area contributed by atoms with Crippen molar-refractivity contribution >= 4 is 34.9 Å². The molecule has 1 atom stereocenters. The maximum absolute atomic E-state index is 13.1. The van der Waals surface area contributed by atoms with Gasteiger partial charge in [0, 0.05) is 19.2 Å². The highest BCUT2D eigenvalue weighted by molar-refractivity contribution is 6.33. The first-order valence-corrected chi connectivity index (χ1v) is 8.23. The van der Waals surface area contributed by atoms with E-state index in [-0.39, 0.29) is 24.8 Å². The molecule has 126 valence electrons. The monoisotopic (exact) mass is 354 g/mol. The number of nitrogens with one attached hydrogen (secondary N) is 2. The average molecular weight is 355 g/mol. The number of hydrogen-bond acceptors (Lipinski definition) is 3. The Morgan fingerprint density at radius 1 is 1.24 bits per heavy atom. The molecule has 25 heavy (non-hydrogen) atoms. The van der Waals surface area contributed by atoms with Crippen LogP contribution < -0.4 is 10.6 Å². The molecular formula is C18H15ClN4O2. The van der Waals surface area contributed by atoms with Crippen molar-refractivity contribution in [1.29, 1.82) is 0 Å². The molecule has 0 aliphatic carbocycles. The van der Waals surface area contributed by atoms with E-state index in [0.29, 0.717) is 16.5 Å². The van der Waals surface area contributed by atoms with Gasteiger partial charge in [-0.05, 0) is 17.7 Å². The Morgan fingerprint density at radius 2 is 2.04 bits per heavy atom. The maximum atomic E-state index is 13.1. The van der Waals surface area contributed by atoms with Gasteiger partial charge < -0.3 is 10.6 Å². The van der Waals surface area contributed by atoms with Crippen molar-refractivity contribution in [3.63, 3.8) is 0 Å². The van der Waals surface area contributed by atoms with E-state index in [1.807, 2.05) is 30.3 Å². The summed E-state index contributed by atoms with van der Waals surface area (Å²) in [5.41, 5.74) is 0.424. The number of carbonyl (C=O) groups is 2. The molecule has 1 fully saturated rings. The molecule has 1 aliphatic heterocycles. The van der Waals surface area contributed by atoms with Crippen molar-refractivity contribution in [2.75, 3.05) is 11.9 Å². The number of carbonyl (C=O) groups excluding carboxylic acids is 2. The minimum absolute atomic E-state index is 0.111. The lowest BCUT2D eigenvalue weighted by Gasteiger charge is -2.26. The van der Waals surface area contributed by atoms with Crippen LogP contribution in [0.2, 0.25) is 5.02 Å². The number of halogens is 1. The molecule has 1 aromatic carbocycles. The lowest BCUT2D eigenvalue weighted by atomic mass is 9.78. The zero-order chi connectivity index (χ0) is 17.4. The van der Waals surface area contributed by atoms with Crippen LogP contribution in [0.1, 0.15) is 12.0 Å². The van der Waals surface area contributed by atoms with Crippen molar-refractivity contribution in [2.45, 2.75) is 11.8 Å². The van der Waals surface area contributed by atoms with Crippen LogP contribution in [0.4, 0.5) is 5.82 Å². The second-order valence-electron chi connectivity index (χ2n) is 6.05. The van der Waals surface area contributed by atoms with Gasteiger partial charge in [-0.1, -0.05) is 41.9 Å². The topological polar surface area (TPSA) is 75.5 Å². The molecule has 0 spiro atoms. The molecule has 2 aromatic heterocycles. The normalized spacial score (nSPS) is 19.8. The summed E-state index contributed by atoms with van der Waals surface area (Å²) in [7, 11) is 0. The molecule has 1 unspecified atom stereocenters. The molecular weight excluding hydrogens is 340 g/mol. The molecule has 0 bridgehead atoms. The predicted molar refractivity (Wildman–Crippen MR) is 94.6 cm³/mol. The first-order chi connectivity index (χ1) is 12.1. The highest BCUT2D eigenvalue weighted by Crippen LogP contribution is 2.33. The molecule has 3 heterocycles. The first kappa shape index (κ1) is 15.7. The molecule has 1 saturated heterocycles. The molecule has 2 N–H and O–H groups in total. The van der Waals surface area contributed by atoms with Crippen LogP contribution in [0, 0.1) is 0 Å². The fraction of sp³-hybridized carbons (Fsp3) is 0.167. The van der Waals surface area contributed by atoms with Gasteiger partial charge in [-0.3, -0.25) is 14.0 Å². The fourth-order valence-corrected chi connectivity index (χ4v) is 3.42. The molecule has 6 nitrogen and oxygen atoms in total. The highest BCUT2D eigenvalue weighted by Gasteiger charge is 2.46. The zero-order valence-electron chi connectivity index (χ0n) is 13.2. The average Bonchev–Trinajstić information content (AvgIpc) is 3.22. The van der Waals surface area contributed by atoms with E-state index in [1.165, 1.54) is 0 Å². The van der Waals surface area contributed by atoms with Crippen LogP contribution in [0.5, 0.6) is 0 Å². The number of anilines is 1. The maximum Gasteiger partial charge on any atom is 0.238 e. The number of imidazole rings is 1. The van der Waals surface area contributed by atoms with Crippen molar-refractivity contribution in [2.24, 2.45) is 0 Å². The van der Waals surface area contributed by atoms with Crippen LogP contribution in [0.25, 0.3) is 5.65 Å². The molecule has 1 aliphatic rings. The van der Waals surface area contributed by atoms with E-state index < -0.39 is 5.41 Å². The Morgan fingerprint density at radius 3 is 2.76 bits per heavy atom. The third-order valence-corrected chi connectivity index (χ3v) is 4.84. The Balaban J connectivity index is 1.72. The van der Waals surface area contributed by atoms with E-state index in [0.717, 1.165) is 5.56 Å². The Hall–Kier alpha value is -2.86. The minimum Gasteiger partial charge on any atom is -0.355 e. The largest absolute Gasteiger partial charge is 0.355 e. The summed E-state index contributed by atoms with van der Waals surface area (Å²) in [5, 5.41) is 6.18. The van der Waals surface area contributed by atoms with Gasteiger partial charge in [0.25, 0.3) is 0 Å². The zero-order valence-corrected chi connectivity index (χ0v) is 14.0. The van der Waals surface area contributed by atoms with Crippen molar-refractivity contribution in [1.82, 2.24) is 14.7 Å². The first-order valence-electron chi connectivity index (χ1n) is 7.85. The summed E-state index contributed by atoms with van der Waals surface area (Å²) in [6, 6.07) is 12.9. The van der Waals surface area contributed by atoms with E-state index in [2.05, 4.69) is 15.6 Å². The van der Waals surface area contributed by atoms with Crippen LogP contribution in [-0.4, -0.2) is 27.7 Å². The summed E-state index contributed by atoms with van der Waals surface area (Å²) in [5.74, 6) is 0.121. The van der Waals surface area contributed by atoms with Crippen LogP contribution >= 0.6 is 11.6 Å². The van der Waals surface area contributed by atoms with Crippen LogP contribution in [0.3, 0.4) is 0 Å². The van der Waals surface area contributed by atoms with E-state index >= 15 is 0 Å². The lowest BCUT2D eigenvalue weighted by molar-refractivity contribution is -0.124. The van der Waals surface area contributed by atoms with Gasteiger partial charge in [0.1, 0.15) is 11.2 Å². The number of amides is 2. The SMILES string of the molecule is O=C1CC(C(=O)Nc2cnc3c(Cl)cccn23)(c2ccccc2)CN1. The van der Waals surface area contributed by atoms with Gasteiger partial charge in [-0.2, -0.15) is 0 Å². The van der Waals surface area contributed by atoms with Crippen molar-refractivity contribution in [3.8, 4) is 0 Å². The summed E-state index contributed by atoms with van der Waals surface area (Å²) >= 11 is 6.13. The third kappa shape index (κ3) is 2.55. The summed E-state index contributed by atoms with van der Waals surface area (Å²) in [4.78, 5) is 29.2. The second-order valence-corrected chi connectivity index (χ2v) is 6.46. The molecule has 2 amide bonds. The van der Waals surface area contributed by atoms with Crippen LogP contribution in [0.15, 0.2) is 54.9 Å². The van der Waals surface area contributed by atoms with E-state index in [1.54, 1.807) is 28.9 Å². The molecule has 4 rings (SSSR count). The Kier molecular flexibility index (Phi) is 3.69. The van der Waals surface area contributed by atoms with Crippen molar-refractivity contribution < 1.29 is 9.59 Å². The smallest absolute Gasteiger partial charge is 0.238 e. The van der Waals surface area contributed by atoms with Gasteiger partial charge in [-0.15, -0.1) is 0 Å². The van der Waals surface area contributed by atoms with Gasteiger partial charge in [0.15, 0.2) is 5.65 Å². The molecule has 0 saturated carbocycles. The standard InChI is InChI=1S/C18H15ClN4O2/c19-13-7-4-8-23-14(10-20-16(13)23)22-17(25)18(9-15(24)21-11-18)12-5-2-1-3-6-12/h1-8,10H,9,11H2,(H,21,24)(H,22,25). The van der Waals surface area contributed by atoms with Gasteiger partial charge >= 0.3 is 0 Å². The highest BCUT2D eigenvalue weighted by atomic mass is 35.5. The summed E-state index contributed by atoms with van der Waals surface area (Å²) in [6.45, 7) is 0.263. The van der Waals surface area contributed by atoms with E-state index in [4.69, 9.17) is 11.6 Å². The number of benzene rings is 1.